The number of fused-ring (bicyclic) bond motifs is 1. The molecule has 0 radical (unpaired) electrons. The van der Waals surface area contributed by atoms with E-state index < -0.39 is 5.82 Å². The number of aromatic nitrogens is 1. The molecule has 5 heteroatoms. The molecule has 2 atom stereocenters. The number of aliphatic hydroxyl groups is 1. The van der Waals surface area contributed by atoms with E-state index in [2.05, 4.69) is 4.98 Å². The van der Waals surface area contributed by atoms with E-state index in [1.54, 1.807) is 30.3 Å². The summed E-state index contributed by atoms with van der Waals surface area (Å²) in [5, 5.41) is 10.7. The van der Waals surface area contributed by atoms with Gasteiger partial charge in [-0.05, 0) is 31.0 Å². The van der Waals surface area contributed by atoms with Gasteiger partial charge in [0, 0.05) is 31.1 Å². The first-order chi connectivity index (χ1) is 11.1. The Bertz CT molecular complexity index is 719. The minimum absolute atomic E-state index is 0.0884. The summed E-state index contributed by atoms with van der Waals surface area (Å²) in [5.41, 5.74) is 0.781. The fourth-order valence-corrected chi connectivity index (χ4v) is 3.36. The van der Waals surface area contributed by atoms with Gasteiger partial charge in [-0.25, -0.2) is 4.39 Å². The molecule has 1 aliphatic carbocycles. The zero-order valence-electron chi connectivity index (χ0n) is 13.2. The Kier molecular flexibility index (Phi) is 4.57. The van der Waals surface area contributed by atoms with E-state index in [4.69, 9.17) is 0 Å². The first kappa shape index (κ1) is 15.9. The number of amides is 1. The summed E-state index contributed by atoms with van der Waals surface area (Å²) >= 11 is 0. The molecule has 1 saturated carbocycles. The third-order valence-corrected chi connectivity index (χ3v) is 4.62. The highest BCUT2D eigenvalue weighted by atomic mass is 19.1. The molecule has 0 spiro atoms. The lowest BCUT2D eigenvalue weighted by molar-refractivity contribution is 0.0451. The predicted molar refractivity (Wildman–Crippen MR) is 86.6 cm³/mol. The lowest BCUT2D eigenvalue weighted by Crippen LogP contribution is -2.38. The summed E-state index contributed by atoms with van der Waals surface area (Å²) in [6.07, 6.45) is 5.06. The normalized spacial score (nSPS) is 21.3. The van der Waals surface area contributed by atoms with Crippen molar-refractivity contribution in [3.63, 3.8) is 0 Å². The first-order valence-electron chi connectivity index (χ1n) is 8.04. The largest absolute Gasteiger partial charge is 0.393 e. The minimum atomic E-state index is -0.444. The standard InChI is InChI=1S/C18H21FN2O2/c1-21(11-13-5-2-3-7-16(13)22)18(23)15-10-14(19)9-12-6-4-8-20-17(12)15/h4,6,8-10,13,16,22H,2-3,5,7,11H2,1H3. The fourth-order valence-electron chi connectivity index (χ4n) is 3.36. The summed E-state index contributed by atoms with van der Waals surface area (Å²) < 4.78 is 13.8. The minimum Gasteiger partial charge on any atom is -0.393 e. The molecule has 1 amide bonds. The molecule has 1 aromatic carbocycles. The van der Waals surface area contributed by atoms with Gasteiger partial charge < -0.3 is 10.0 Å². The van der Waals surface area contributed by atoms with Crippen LogP contribution >= 0.6 is 0 Å². The maximum Gasteiger partial charge on any atom is 0.255 e. The Labute approximate surface area is 134 Å². The van der Waals surface area contributed by atoms with Crippen molar-refractivity contribution in [3.05, 3.63) is 41.8 Å². The van der Waals surface area contributed by atoms with Crippen LogP contribution in [0, 0.1) is 11.7 Å². The van der Waals surface area contributed by atoms with Crippen molar-refractivity contribution in [1.82, 2.24) is 9.88 Å². The Morgan fingerprint density at radius 3 is 2.96 bits per heavy atom. The van der Waals surface area contributed by atoms with E-state index in [1.807, 2.05) is 0 Å². The van der Waals surface area contributed by atoms with Crippen LogP contribution in [0.2, 0.25) is 0 Å². The van der Waals surface area contributed by atoms with Crippen LogP contribution in [0.5, 0.6) is 0 Å². The highest BCUT2D eigenvalue weighted by Gasteiger charge is 2.26. The van der Waals surface area contributed by atoms with Crippen molar-refractivity contribution in [2.24, 2.45) is 5.92 Å². The Balaban J connectivity index is 1.85. The van der Waals surface area contributed by atoms with Gasteiger partial charge in [-0.15, -0.1) is 0 Å². The van der Waals surface area contributed by atoms with Crippen LogP contribution in [0.4, 0.5) is 4.39 Å². The van der Waals surface area contributed by atoms with Crippen molar-refractivity contribution in [2.75, 3.05) is 13.6 Å². The number of halogens is 1. The van der Waals surface area contributed by atoms with Crippen LogP contribution in [0.3, 0.4) is 0 Å². The zero-order valence-corrected chi connectivity index (χ0v) is 13.2. The summed E-state index contributed by atoms with van der Waals surface area (Å²) in [7, 11) is 1.70. The third kappa shape index (κ3) is 3.34. The maximum atomic E-state index is 13.8. The van der Waals surface area contributed by atoms with Gasteiger partial charge in [0.25, 0.3) is 5.91 Å². The van der Waals surface area contributed by atoms with Crippen molar-refractivity contribution in [3.8, 4) is 0 Å². The first-order valence-corrected chi connectivity index (χ1v) is 8.04. The number of hydrogen-bond donors (Lipinski definition) is 1. The molecule has 0 bridgehead atoms. The maximum absolute atomic E-state index is 13.8. The second-order valence-electron chi connectivity index (χ2n) is 6.33. The van der Waals surface area contributed by atoms with Gasteiger partial charge in [0.1, 0.15) is 5.82 Å². The van der Waals surface area contributed by atoms with Crippen LogP contribution in [0.25, 0.3) is 10.9 Å². The number of carbonyl (C=O) groups excluding carboxylic acids is 1. The van der Waals surface area contributed by atoms with Crippen LogP contribution in [0.1, 0.15) is 36.0 Å². The molecule has 1 heterocycles. The number of aliphatic hydroxyl groups excluding tert-OH is 1. The molecule has 0 aliphatic heterocycles. The lowest BCUT2D eigenvalue weighted by Gasteiger charge is -2.31. The monoisotopic (exact) mass is 316 g/mol. The number of benzene rings is 1. The Morgan fingerprint density at radius 2 is 2.17 bits per heavy atom. The van der Waals surface area contributed by atoms with Crippen LogP contribution < -0.4 is 0 Å². The molecule has 0 saturated heterocycles. The number of nitrogens with zero attached hydrogens (tertiary/aromatic N) is 2. The van der Waals surface area contributed by atoms with Crippen molar-refractivity contribution >= 4 is 16.8 Å². The number of carbonyl (C=O) groups is 1. The van der Waals surface area contributed by atoms with Gasteiger partial charge in [-0.3, -0.25) is 9.78 Å². The van der Waals surface area contributed by atoms with E-state index in [9.17, 15) is 14.3 Å². The molecule has 122 valence electrons. The molecular formula is C18H21FN2O2. The van der Waals surface area contributed by atoms with Crippen LogP contribution in [-0.4, -0.2) is 40.6 Å². The molecule has 1 fully saturated rings. The summed E-state index contributed by atoms with van der Waals surface area (Å²) in [6.45, 7) is 0.477. The van der Waals surface area contributed by atoms with Gasteiger partial charge in [0.15, 0.2) is 0 Å². The third-order valence-electron chi connectivity index (χ3n) is 4.62. The predicted octanol–water partition coefficient (Wildman–Crippen LogP) is 3.00. The Morgan fingerprint density at radius 1 is 1.39 bits per heavy atom. The number of rotatable bonds is 3. The molecule has 2 unspecified atom stereocenters. The average molecular weight is 316 g/mol. The van der Waals surface area contributed by atoms with Gasteiger partial charge >= 0.3 is 0 Å². The summed E-state index contributed by atoms with van der Waals surface area (Å²) in [6, 6.07) is 6.08. The van der Waals surface area contributed by atoms with Gasteiger partial charge in [-0.1, -0.05) is 18.9 Å². The van der Waals surface area contributed by atoms with E-state index in [0.717, 1.165) is 25.7 Å². The molecule has 3 rings (SSSR count). The highest BCUT2D eigenvalue weighted by Crippen LogP contribution is 2.26. The zero-order chi connectivity index (χ0) is 16.4. The lowest BCUT2D eigenvalue weighted by atomic mass is 9.86. The highest BCUT2D eigenvalue weighted by molar-refractivity contribution is 6.05. The van der Waals surface area contributed by atoms with Crippen LogP contribution in [-0.2, 0) is 0 Å². The van der Waals surface area contributed by atoms with Gasteiger partial charge in [0.05, 0.1) is 17.2 Å². The molecule has 1 aliphatic rings. The molecule has 1 aromatic heterocycles. The SMILES string of the molecule is CN(CC1CCCCC1O)C(=O)c1cc(F)cc2cccnc12. The molecule has 4 nitrogen and oxygen atoms in total. The Hall–Kier alpha value is -2.01. The van der Waals surface area contributed by atoms with Crippen LogP contribution in [0.15, 0.2) is 30.5 Å². The summed E-state index contributed by atoms with van der Waals surface area (Å²) in [4.78, 5) is 18.5. The fraction of sp³-hybridized carbons (Fsp3) is 0.444. The number of pyridine rings is 1. The topological polar surface area (TPSA) is 53.4 Å². The van der Waals surface area contributed by atoms with E-state index in [0.29, 0.717) is 17.4 Å². The molecule has 2 aromatic rings. The van der Waals surface area contributed by atoms with Gasteiger partial charge in [-0.2, -0.15) is 0 Å². The van der Waals surface area contributed by atoms with Crippen molar-refractivity contribution in [2.45, 2.75) is 31.8 Å². The van der Waals surface area contributed by atoms with E-state index in [1.165, 1.54) is 12.1 Å². The van der Waals surface area contributed by atoms with Gasteiger partial charge in [0.2, 0.25) is 0 Å². The average Bonchev–Trinajstić information content (AvgIpc) is 2.55. The smallest absolute Gasteiger partial charge is 0.255 e. The van der Waals surface area contributed by atoms with Crippen molar-refractivity contribution < 1.29 is 14.3 Å². The second-order valence-corrected chi connectivity index (χ2v) is 6.33. The number of hydrogen-bond acceptors (Lipinski definition) is 3. The molecule has 23 heavy (non-hydrogen) atoms. The van der Waals surface area contributed by atoms with E-state index >= 15 is 0 Å². The summed E-state index contributed by atoms with van der Waals surface area (Å²) in [5.74, 6) is -0.614. The van der Waals surface area contributed by atoms with Crippen molar-refractivity contribution in [1.29, 1.82) is 0 Å². The second kappa shape index (κ2) is 6.62. The molecular weight excluding hydrogens is 295 g/mol. The van der Waals surface area contributed by atoms with E-state index in [-0.39, 0.29) is 23.5 Å². The quantitative estimate of drug-likeness (QED) is 0.947. The molecule has 1 N–H and O–H groups in total.